The maximum atomic E-state index is 11.7. The van der Waals surface area contributed by atoms with Crippen molar-refractivity contribution in [2.75, 3.05) is 13.1 Å². The molecule has 0 aromatic carbocycles. The zero-order chi connectivity index (χ0) is 13.3. The molecule has 104 valence electrons. The molecule has 1 heterocycles. The van der Waals surface area contributed by atoms with Crippen LogP contribution in [-0.2, 0) is 0 Å². The van der Waals surface area contributed by atoms with E-state index in [0.29, 0.717) is 18.3 Å². The van der Waals surface area contributed by atoms with E-state index >= 15 is 0 Å². The molecule has 1 aromatic rings. The second kappa shape index (κ2) is 7.89. The van der Waals surface area contributed by atoms with E-state index in [1.54, 1.807) is 12.3 Å². The first-order valence-electron chi connectivity index (χ1n) is 7.29. The highest BCUT2D eigenvalue weighted by Crippen LogP contribution is 2.16. The molecule has 4 heteroatoms. The molecule has 1 saturated carbocycles. The Labute approximate surface area is 115 Å². The molecule has 0 radical (unpaired) electrons. The molecule has 0 atom stereocenters. The van der Waals surface area contributed by atoms with Gasteiger partial charge in [-0.05, 0) is 25.0 Å². The van der Waals surface area contributed by atoms with Crippen molar-refractivity contribution in [3.63, 3.8) is 0 Å². The van der Waals surface area contributed by atoms with Crippen LogP contribution in [-0.4, -0.2) is 30.0 Å². The molecule has 0 aliphatic heterocycles. The molecule has 2 rings (SSSR count). The minimum atomic E-state index is -0.0942. The van der Waals surface area contributed by atoms with Crippen molar-refractivity contribution < 1.29 is 4.79 Å². The van der Waals surface area contributed by atoms with Crippen LogP contribution in [0.4, 0.5) is 0 Å². The lowest BCUT2D eigenvalue weighted by molar-refractivity contribution is 0.0948. The zero-order valence-electron chi connectivity index (χ0n) is 11.4. The highest BCUT2D eigenvalue weighted by atomic mass is 16.1. The van der Waals surface area contributed by atoms with Gasteiger partial charge in [0.25, 0.3) is 5.91 Å². The Hall–Kier alpha value is -1.42. The van der Waals surface area contributed by atoms with Crippen LogP contribution in [0.25, 0.3) is 0 Å². The minimum absolute atomic E-state index is 0.0942. The van der Waals surface area contributed by atoms with Gasteiger partial charge in [0, 0.05) is 25.3 Å². The normalized spacial score (nSPS) is 16.8. The van der Waals surface area contributed by atoms with Gasteiger partial charge in [-0.3, -0.25) is 9.78 Å². The van der Waals surface area contributed by atoms with Gasteiger partial charge >= 0.3 is 0 Å². The standard InChI is InChI=1S/C15H23N3O/c19-15(14-9-5-6-10-17-14)18-12-11-16-13-7-3-1-2-4-8-13/h5-6,9-10,13,16H,1-4,7-8,11-12H2,(H,18,19). The Morgan fingerprint density at radius 2 is 1.95 bits per heavy atom. The van der Waals surface area contributed by atoms with E-state index in [-0.39, 0.29) is 5.91 Å². The lowest BCUT2D eigenvalue weighted by Crippen LogP contribution is -2.37. The zero-order valence-corrected chi connectivity index (χ0v) is 11.4. The number of pyridine rings is 1. The molecule has 0 spiro atoms. The molecular formula is C15H23N3O. The topological polar surface area (TPSA) is 54.0 Å². The summed E-state index contributed by atoms with van der Waals surface area (Å²) in [6.07, 6.45) is 9.58. The highest BCUT2D eigenvalue weighted by Gasteiger charge is 2.11. The van der Waals surface area contributed by atoms with Gasteiger partial charge in [-0.2, -0.15) is 0 Å². The number of hydrogen-bond donors (Lipinski definition) is 2. The highest BCUT2D eigenvalue weighted by molar-refractivity contribution is 5.92. The lowest BCUT2D eigenvalue weighted by atomic mass is 10.1. The first-order valence-corrected chi connectivity index (χ1v) is 7.29. The van der Waals surface area contributed by atoms with E-state index in [1.165, 1.54) is 38.5 Å². The van der Waals surface area contributed by atoms with E-state index in [4.69, 9.17) is 0 Å². The van der Waals surface area contributed by atoms with Gasteiger partial charge in [-0.15, -0.1) is 0 Å². The van der Waals surface area contributed by atoms with Crippen LogP contribution in [0.15, 0.2) is 24.4 Å². The number of hydrogen-bond acceptors (Lipinski definition) is 3. The Kier molecular flexibility index (Phi) is 5.82. The van der Waals surface area contributed by atoms with Gasteiger partial charge < -0.3 is 10.6 Å². The van der Waals surface area contributed by atoms with Crippen molar-refractivity contribution >= 4 is 5.91 Å². The summed E-state index contributed by atoms with van der Waals surface area (Å²) in [6.45, 7) is 1.50. The summed E-state index contributed by atoms with van der Waals surface area (Å²) in [6, 6.07) is 6.00. The fourth-order valence-corrected chi connectivity index (χ4v) is 2.52. The summed E-state index contributed by atoms with van der Waals surface area (Å²) in [5.41, 5.74) is 0.483. The SMILES string of the molecule is O=C(NCCNC1CCCCCC1)c1ccccn1. The van der Waals surface area contributed by atoms with Gasteiger partial charge in [-0.1, -0.05) is 31.7 Å². The van der Waals surface area contributed by atoms with Crippen LogP contribution in [0.3, 0.4) is 0 Å². The van der Waals surface area contributed by atoms with Crippen LogP contribution >= 0.6 is 0 Å². The third-order valence-corrected chi connectivity index (χ3v) is 3.60. The quantitative estimate of drug-likeness (QED) is 0.630. The summed E-state index contributed by atoms with van der Waals surface area (Å²) in [7, 11) is 0. The van der Waals surface area contributed by atoms with Gasteiger partial charge in [0.1, 0.15) is 5.69 Å². The fraction of sp³-hybridized carbons (Fsp3) is 0.600. The third-order valence-electron chi connectivity index (χ3n) is 3.60. The van der Waals surface area contributed by atoms with Gasteiger partial charge in [0.15, 0.2) is 0 Å². The predicted octanol–water partition coefficient (Wildman–Crippen LogP) is 2.12. The van der Waals surface area contributed by atoms with Crippen molar-refractivity contribution in [1.82, 2.24) is 15.6 Å². The van der Waals surface area contributed by atoms with Crippen molar-refractivity contribution in [2.45, 2.75) is 44.6 Å². The average Bonchev–Trinajstić information content (AvgIpc) is 2.73. The van der Waals surface area contributed by atoms with Gasteiger partial charge in [0.2, 0.25) is 0 Å². The second-order valence-corrected chi connectivity index (χ2v) is 5.11. The van der Waals surface area contributed by atoms with E-state index in [1.807, 2.05) is 12.1 Å². The lowest BCUT2D eigenvalue weighted by Gasteiger charge is -2.16. The summed E-state index contributed by atoms with van der Waals surface area (Å²) in [4.78, 5) is 15.8. The van der Waals surface area contributed by atoms with E-state index in [0.717, 1.165) is 6.54 Å². The molecule has 1 amide bonds. The maximum absolute atomic E-state index is 11.7. The first-order chi connectivity index (χ1) is 9.36. The Bertz CT molecular complexity index is 372. The van der Waals surface area contributed by atoms with E-state index < -0.39 is 0 Å². The van der Waals surface area contributed by atoms with Crippen LogP contribution < -0.4 is 10.6 Å². The van der Waals surface area contributed by atoms with Crippen molar-refractivity contribution in [2.24, 2.45) is 0 Å². The Morgan fingerprint density at radius 3 is 2.63 bits per heavy atom. The van der Waals surface area contributed by atoms with Crippen LogP contribution in [0, 0.1) is 0 Å². The number of amides is 1. The van der Waals surface area contributed by atoms with E-state index in [9.17, 15) is 4.79 Å². The summed E-state index contributed by atoms with van der Waals surface area (Å²) in [5.74, 6) is -0.0942. The fourth-order valence-electron chi connectivity index (χ4n) is 2.52. The molecule has 4 nitrogen and oxygen atoms in total. The number of carbonyl (C=O) groups excluding carboxylic acids is 1. The van der Waals surface area contributed by atoms with Crippen molar-refractivity contribution in [1.29, 1.82) is 0 Å². The molecule has 1 aliphatic rings. The van der Waals surface area contributed by atoms with Gasteiger partial charge in [-0.25, -0.2) is 0 Å². The number of aromatic nitrogens is 1. The Morgan fingerprint density at radius 1 is 1.16 bits per heavy atom. The van der Waals surface area contributed by atoms with E-state index in [2.05, 4.69) is 15.6 Å². The second-order valence-electron chi connectivity index (χ2n) is 5.11. The van der Waals surface area contributed by atoms with Crippen LogP contribution in [0.1, 0.15) is 49.0 Å². The monoisotopic (exact) mass is 261 g/mol. The summed E-state index contributed by atoms with van der Waals surface area (Å²) < 4.78 is 0. The summed E-state index contributed by atoms with van der Waals surface area (Å²) >= 11 is 0. The molecule has 1 fully saturated rings. The number of nitrogens with zero attached hydrogens (tertiary/aromatic N) is 1. The summed E-state index contributed by atoms with van der Waals surface area (Å²) in [5, 5.41) is 6.42. The molecule has 1 aliphatic carbocycles. The average molecular weight is 261 g/mol. The molecule has 19 heavy (non-hydrogen) atoms. The number of rotatable bonds is 5. The number of carbonyl (C=O) groups is 1. The predicted molar refractivity (Wildman–Crippen MR) is 76.1 cm³/mol. The van der Waals surface area contributed by atoms with Crippen LogP contribution in [0.5, 0.6) is 0 Å². The van der Waals surface area contributed by atoms with Gasteiger partial charge in [0.05, 0.1) is 0 Å². The number of nitrogens with one attached hydrogen (secondary N) is 2. The molecule has 1 aromatic heterocycles. The smallest absolute Gasteiger partial charge is 0.269 e. The molecular weight excluding hydrogens is 238 g/mol. The van der Waals surface area contributed by atoms with Crippen molar-refractivity contribution in [3.05, 3.63) is 30.1 Å². The van der Waals surface area contributed by atoms with Crippen molar-refractivity contribution in [3.8, 4) is 0 Å². The molecule has 0 bridgehead atoms. The largest absolute Gasteiger partial charge is 0.349 e. The maximum Gasteiger partial charge on any atom is 0.269 e. The molecule has 0 saturated heterocycles. The Balaban J connectivity index is 1.62. The first kappa shape index (κ1) is 14.0. The molecule has 2 N–H and O–H groups in total. The molecule has 0 unspecified atom stereocenters. The van der Waals surface area contributed by atoms with Crippen LogP contribution in [0.2, 0.25) is 0 Å². The third kappa shape index (κ3) is 4.99. The minimum Gasteiger partial charge on any atom is -0.349 e.